The Hall–Kier alpha value is -3.47. The van der Waals surface area contributed by atoms with Crippen LogP contribution in [0.15, 0.2) is 67.3 Å². The molecule has 0 saturated heterocycles. The molecule has 27 heavy (non-hydrogen) atoms. The Morgan fingerprint density at radius 1 is 0.815 bits per heavy atom. The minimum Gasteiger partial charge on any atom is -0.497 e. The first-order chi connectivity index (χ1) is 13.2. The van der Waals surface area contributed by atoms with Crippen molar-refractivity contribution in [3.05, 3.63) is 67.3 Å². The molecule has 2 aromatic carbocycles. The van der Waals surface area contributed by atoms with E-state index < -0.39 is 0 Å². The summed E-state index contributed by atoms with van der Waals surface area (Å²) in [6.45, 7) is 0. The Morgan fingerprint density at radius 3 is 2.33 bits per heavy atom. The van der Waals surface area contributed by atoms with Crippen LogP contribution in [0.1, 0.15) is 0 Å². The molecule has 0 aliphatic carbocycles. The molecule has 5 heteroatoms. The average Bonchev–Trinajstić information content (AvgIpc) is 3.21. The first kappa shape index (κ1) is 17.0. The fourth-order valence-electron chi connectivity index (χ4n) is 3.30. The molecule has 0 unspecified atom stereocenters. The van der Waals surface area contributed by atoms with Crippen molar-refractivity contribution < 1.29 is 14.2 Å². The predicted molar refractivity (Wildman–Crippen MR) is 106 cm³/mol. The van der Waals surface area contributed by atoms with Gasteiger partial charge in [0, 0.05) is 22.9 Å². The lowest BCUT2D eigenvalue weighted by molar-refractivity contribution is 0.356. The van der Waals surface area contributed by atoms with Gasteiger partial charge in [-0.05, 0) is 29.8 Å². The zero-order chi connectivity index (χ0) is 18.8. The van der Waals surface area contributed by atoms with Gasteiger partial charge >= 0.3 is 0 Å². The summed E-state index contributed by atoms with van der Waals surface area (Å²) in [5, 5.41) is 0. The number of para-hydroxylation sites is 1. The first-order valence-corrected chi connectivity index (χ1v) is 8.56. The number of rotatable bonds is 5. The Labute approximate surface area is 157 Å². The van der Waals surface area contributed by atoms with E-state index in [-0.39, 0.29) is 0 Å². The van der Waals surface area contributed by atoms with E-state index in [0.717, 1.165) is 33.5 Å². The van der Waals surface area contributed by atoms with Gasteiger partial charge in [0.05, 0.1) is 39.4 Å². The highest BCUT2D eigenvalue weighted by Gasteiger charge is 2.15. The summed E-state index contributed by atoms with van der Waals surface area (Å²) in [5.74, 6) is 2.24. The first-order valence-electron chi connectivity index (χ1n) is 8.56. The van der Waals surface area contributed by atoms with E-state index in [2.05, 4.69) is 11.1 Å². The Kier molecular flexibility index (Phi) is 4.42. The highest BCUT2D eigenvalue weighted by Crippen LogP contribution is 2.39. The van der Waals surface area contributed by atoms with Crippen molar-refractivity contribution >= 4 is 5.52 Å². The summed E-state index contributed by atoms with van der Waals surface area (Å²) in [6.07, 6.45) is 5.72. The van der Waals surface area contributed by atoms with Crippen molar-refractivity contribution in [3.8, 4) is 39.5 Å². The summed E-state index contributed by atoms with van der Waals surface area (Å²) >= 11 is 0. The van der Waals surface area contributed by atoms with E-state index in [1.54, 1.807) is 27.7 Å². The molecule has 0 N–H and O–H groups in total. The number of benzene rings is 2. The summed E-state index contributed by atoms with van der Waals surface area (Å²) in [7, 11) is 4.96. The number of fused-ring (bicyclic) bond motifs is 1. The van der Waals surface area contributed by atoms with E-state index in [9.17, 15) is 0 Å². The molecule has 0 spiro atoms. The third-order valence-corrected chi connectivity index (χ3v) is 4.63. The zero-order valence-electron chi connectivity index (χ0n) is 15.5. The lowest BCUT2D eigenvalue weighted by atomic mass is 9.99. The van der Waals surface area contributed by atoms with Crippen LogP contribution in [0.3, 0.4) is 0 Å². The van der Waals surface area contributed by atoms with Gasteiger partial charge in [-0.1, -0.05) is 24.3 Å². The lowest BCUT2D eigenvalue weighted by Gasteiger charge is -2.15. The lowest BCUT2D eigenvalue weighted by Crippen LogP contribution is -1.95. The molecule has 2 heterocycles. The molecule has 0 aliphatic heterocycles. The summed E-state index contributed by atoms with van der Waals surface area (Å²) < 4.78 is 18.4. The number of hydrogen-bond acceptors (Lipinski definition) is 4. The van der Waals surface area contributed by atoms with E-state index in [4.69, 9.17) is 14.2 Å². The Morgan fingerprint density at radius 2 is 1.63 bits per heavy atom. The van der Waals surface area contributed by atoms with Gasteiger partial charge in [0.2, 0.25) is 0 Å². The van der Waals surface area contributed by atoms with Crippen LogP contribution in [-0.2, 0) is 0 Å². The van der Waals surface area contributed by atoms with Crippen LogP contribution in [0.4, 0.5) is 0 Å². The van der Waals surface area contributed by atoms with Crippen LogP contribution in [0.25, 0.3) is 27.8 Å². The fourth-order valence-corrected chi connectivity index (χ4v) is 3.30. The van der Waals surface area contributed by atoms with Crippen LogP contribution in [0.5, 0.6) is 17.2 Å². The number of pyridine rings is 1. The van der Waals surface area contributed by atoms with Crippen LogP contribution >= 0.6 is 0 Å². The highest BCUT2D eigenvalue weighted by molar-refractivity contribution is 5.86. The van der Waals surface area contributed by atoms with Gasteiger partial charge in [0.25, 0.3) is 0 Å². The number of ether oxygens (including phenoxy) is 3. The van der Waals surface area contributed by atoms with E-state index in [1.807, 2.05) is 59.3 Å². The van der Waals surface area contributed by atoms with Gasteiger partial charge in [-0.3, -0.25) is 0 Å². The topological polar surface area (TPSA) is 45.0 Å². The molecule has 0 saturated carbocycles. The third-order valence-electron chi connectivity index (χ3n) is 4.63. The third kappa shape index (κ3) is 2.97. The fraction of sp³-hybridized carbons (Fsp3) is 0.136. The molecule has 4 rings (SSSR count). The van der Waals surface area contributed by atoms with Crippen molar-refractivity contribution in [2.75, 3.05) is 21.3 Å². The second-order valence-electron chi connectivity index (χ2n) is 6.10. The molecule has 0 bridgehead atoms. The van der Waals surface area contributed by atoms with Crippen LogP contribution in [-0.4, -0.2) is 30.7 Å². The van der Waals surface area contributed by atoms with Crippen molar-refractivity contribution in [1.29, 1.82) is 0 Å². The van der Waals surface area contributed by atoms with Crippen LogP contribution in [0.2, 0.25) is 0 Å². The summed E-state index contributed by atoms with van der Waals surface area (Å²) in [5.41, 5.74) is 5.18. The molecule has 0 amide bonds. The Balaban J connectivity index is 1.94. The maximum Gasteiger partial charge on any atom is 0.168 e. The molecule has 5 nitrogen and oxygen atoms in total. The number of aromatic nitrogens is 2. The maximum absolute atomic E-state index is 5.62. The molecule has 136 valence electrons. The zero-order valence-corrected chi connectivity index (χ0v) is 15.5. The number of methoxy groups -OCH3 is 3. The van der Waals surface area contributed by atoms with Gasteiger partial charge in [-0.25, -0.2) is 4.98 Å². The second-order valence-corrected chi connectivity index (χ2v) is 6.10. The molecule has 4 aromatic rings. The smallest absolute Gasteiger partial charge is 0.168 e. The summed E-state index contributed by atoms with van der Waals surface area (Å²) in [6, 6.07) is 16.0. The Bertz CT molecular complexity index is 1080. The summed E-state index contributed by atoms with van der Waals surface area (Å²) in [4.78, 5) is 4.31. The predicted octanol–water partition coefficient (Wildman–Crippen LogP) is 4.69. The van der Waals surface area contributed by atoms with Gasteiger partial charge in [-0.15, -0.1) is 0 Å². The minimum atomic E-state index is 0.701. The molecule has 0 fully saturated rings. The molecule has 2 aromatic heterocycles. The van der Waals surface area contributed by atoms with Crippen LogP contribution < -0.4 is 14.2 Å². The number of hydrogen-bond donors (Lipinski definition) is 0. The normalized spacial score (nSPS) is 10.8. The monoisotopic (exact) mass is 360 g/mol. The standard InChI is InChI=1S/C22H20N2O3/c1-25-17-9-7-15(8-10-17)19-11-16(13-24-14-23-12-20(19)24)18-5-4-6-21(26-2)22(18)27-3/h4-14H,1-3H3. The van der Waals surface area contributed by atoms with E-state index >= 15 is 0 Å². The molecular weight excluding hydrogens is 340 g/mol. The molecule has 0 aliphatic rings. The number of imidazole rings is 1. The molecular formula is C22H20N2O3. The largest absolute Gasteiger partial charge is 0.497 e. The van der Waals surface area contributed by atoms with Crippen molar-refractivity contribution in [2.45, 2.75) is 0 Å². The SMILES string of the molecule is COc1ccc(-c2cc(-c3cccc(OC)c3OC)cn3cncc23)cc1. The number of nitrogens with zero attached hydrogens (tertiary/aromatic N) is 2. The average molecular weight is 360 g/mol. The van der Waals surface area contributed by atoms with Gasteiger partial charge in [-0.2, -0.15) is 0 Å². The molecule has 0 radical (unpaired) electrons. The quantitative estimate of drug-likeness (QED) is 0.518. The van der Waals surface area contributed by atoms with Gasteiger partial charge < -0.3 is 18.6 Å². The second kappa shape index (κ2) is 7.03. The maximum atomic E-state index is 5.62. The molecule has 0 atom stereocenters. The van der Waals surface area contributed by atoms with Crippen molar-refractivity contribution in [2.24, 2.45) is 0 Å². The highest BCUT2D eigenvalue weighted by atomic mass is 16.5. The van der Waals surface area contributed by atoms with Crippen molar-refractivity contribution in [1.82, 2.24) is 9.38 Å². The minimum absolute atomic E-state index is 0.701. The van der Waals surface area contributed by atoms with Crippen molar-refractivity contribution in [3.63, 3.8) is 0 Å². The van der Waals surface area contributed by atoms with Gasteiger partial charge in [0.1, 0.15) is 5.75 Å². The van der Waals surface area contributed by atoms with E-state index in [1.165, 1.54) is 0 Å². The van der Waals surface area contributed by atoms with Gasteiger partial charge in [0.15, 0.2) is 11.5 Å². The van der Waals surface area contributed by atoms with E-state index in [0.29, 0.717) is 11.5 Å². The van der Waals surface area contributed by atoms with Crippen LogP contribution in [0, 0.1) is 0 Å².